The minimum absolute atomic E-state index is 0.444. The molecule has 84 valence electrons. The van der Waals surface area contributed by atoms with Gasteiger partial charge >= 0.3 is 0 Å². The van der Waals surface area contributed by atoms with E-state index in [1.807, 2.05) is 0 Å². The molecule has 0 N–H and O–H groups in total. The van der Waals surface area contributed by atoms with Gasteiger partial charge in [-0.15, -0.1) is 0 Å². The summed E-state index contributed by atoms with van der Waals surface area (Å²) in [6.07, 6.45) is 12.2. The highest BCUT2D eigenvalue weighted by Crippen LogP contribution is 2.21. The molecule has 0 bridgehead atoms. The Bertz CT molecular complexity index is 255. The molecule has 1 saturated heterocycles. The number of allylic oxidation sites excluding steroid dienone is 3. The van der Waals surface area contributed by atoms with Crippen LogP contribution in [-0.4, -0.2) is 30.7 Å². The molecule has 0 radical (unpaired) electrons. The molecular formula is C13H21NO. The molecular weight excluding hydrogens is 186 g/mol. The zero-order valence-electron chi connectivity index (χ0n) is 9.61. The van der Waals surface area contributed by atoms with Gasteiger partial charge in [-0.3, -0.25) is 0 Å². The smallest absolute Gasteiger partial charge is 0.0750 e. The largest absolute Gasteiger partial charge is 0.377 e. The first kappa shape index (κ1) is 10.7. The quantitative estimate of drug-likeness (QED) is 0.705. The fourth-order valence-electron chi connectivity index (χ4n) is 2.38. The van der Waals surface area contributed by atoms with Gasteiger partial charge < -0.3 is 9.64 Å². The maximum absolute atomic E-state index is 5.71. The third-order valence-electron chi connectivity index (χ3n) is 3.12. The molecule has 1 unspecified atom stereocenters. The number of hydrogen-bond donors (Lipinski definition) is 0. The van der Waals surface area contributed by atoms with Gasteiger partial charge in [0.2, 0.25) is 0 Å². The van der Waals surface area contributed by atoms with Crippen LogP contribution >= 0.6 is 0 Å². The van der Waals surface area contributed by atoms with Crippen LogP contribution < -0.4 is 0 Å². The van der Waals surface area contributed by atoms with E-state index >= 15 is 0 Å². The number of rotatable bonds is 3. The Morgan fingerprint density at radius 1 is 1.47 bits per heavy atom. The van der Waals surface area contributed by atoms with Gasteiger partial charge in [-0.1, -0.05) is 12.2 Å². The van der Waals surface area contributed by atoms with Gasteiger partial charge in [0, 0.05) is 25.4 Å². The van der Waals surface area contributed by atoms with Crippen molar-refractivity contribution >= 4 is 0 Å². The van der Waals surface area contributed by atoms with Crippen LogP contribution in [0.1, 0.15) is 32.6 Å². The van der Waals surface area contributed by atoms with Gasteiger partial charge in [0.25, 0.3) is 0 Å². The van der Waals surface area contributed by atoms with E-state index in [1.54, 1.807) is 0 Å². The molecule has 1 aliphatic carbocycles. The normalized spacial score (nSPS) is 26.6. The van der Waals surface area contributed by atoms with Crippen molar-refractivity contribution in [2.24, 2.45) is 0 Å². The summed E-state index contributed by atoms with van der Waals surface area (Å²) in [5.74, 6) is 0. The number of hydrogen-bond acceptors (Lipinski definition) is 2. The molecule has 2 nitrogen and oxygen atoms in total. The van der Waals surface area contributed by atoms with Crippen LogP contribution in [0.2, 0.25) is 0 Å². The number of likely N-dealkylation sites (tertiary alicyclic amines) is 1. The standard InChI is InChI=1S/C13H21NO/c1-2-15-13-9-6-10-14(11-13)12-7-4-3-5-8-12/h4,7-8,13H,2-3,5-6,9-11H2,1H3. The van der Waals surface area contributed by atoms with E-state index in [-0.39, 0.29) is 0 Å². The molecule has 0 aromatic carbocycles. The average molecular weight is 207 g/mol. The first-order valence-corrected chi connectivity index (χ1v) is 6.13. The van der Waals surface area contributed by atoms with Crippen molar-refractivity contribution in [3.63, 3.8) is 0 Å². The van der Waals surface area contributed by atoms with E-state index in [2.05, 4.69) is 30.1 Å². The molecule has 15 heavy (non-hydrogen) atoms. The van der Waals surface area contributed by atoms with Gasteiger partial charge in [0.05, 0.1) is 6.10 Å². The third-order valence-corrected chi connectivity index (χ3v) is 3.12. The Kier molecular flexibility index (Phi) is 3.84. The summed E-state index contributed by atoms with van der Waals surface area (Å²) in [6, 6.07) is 0. The second-order valence-corrected chi connectivity index (χ2v) is 4.27. The number of ether oxygens (including phenoxy) is 1. The highest BCUT2D eigenvalue weighted by molar-refractivity contribution is 5.21. The zero-order valence-corrected chi connectivity index (χ0v) is 9.61. The highest BCUT2D eigenvalue weighted by Gasteiger charge is 2.20. The fraction of sp³-hybridized carbons (Fsp3) is 0.692. The monoisotopic (exact) mass is 207 g/mol. The predicted octanol–water partition coefficient (Wildman–Crippen LogP) is 2.72. The van der Waals surface area contributed by atoms with Crippen LogP contribution in [0.15, 0.2) is 23.9 Å². The Morgan fingerprint density at radius 2 is 2.40 bits per heavy atom. The van der Waals surface area contributed by atoms with Crippen LogP contribution in [0.5, 0.6) is 0 Å². The first-order chi connectivity index (χ1) is 7.40. The number of piperidine rings is 1. The summed E-state index contributed by atoms with van der Waals surface area (Å²) in [7, 11) is 0. The lowest BCUT2D eigenvalue weighted by atomic mass is 10.0. The molecule has 0 aromatic heterocycles. The Morgan fingerprint density at radius 3 is 3.13 bits per heavy atom. The second kappa shape index (κ2) is 5.36. The predicted molar refractivity (Wildman–Crippen MR) is 62.7 cm³/mol. The van der Waals surface area contributed by atoms with Gasteiger partial charge in [0.1, 0.15) is 0 Å². The summed E-state index contributed by atoms with van der Waals surface area (Å²) >= 11 is 0. The topological polar surface area (TPSA) is 12.5 Å². The van der Waals surface area contributed by atoms with Gasteiger partial charge in [-0.2, -0.15) is 0 Å². The van der Waals surface area contributed by atoms with Crippen LogP contribution in [0.25, 0.3) is 0 Å². The molecule has 2 rings (SSSR count). The molecule has 1 atom stereocenters. The Balaban J connectivity index is 1.91. The molecule has 2 aliphatic rings. The molecule has 0 amide bonds. The lowest BCUT2D eigenvalue weighted by molar-refractivity contribution is 0.0162. The minimum Gasteiger partial charge on any atom is -0.377 e. The van der Waals surface area contributed by atoms with Gasteiger partial charge in [-0.25, -0.2) is 0 Å². The van der Waals surface area contributed by atoms with Crippen molar-refractivity contribution in [2.75, 3.05) is 19.7 Å². The first-order valence-electron chi connectivity index (χ1n) is 6.13. The zero-order chi connectivity index (χ0) is 10.5. The highest BCUT2D eigenvalue weighted by atomic mass is 16.5. The SMILES string of the molecule is CCOC1CCCN(C2=CCCC=C2)C1. The van der Waals surface area contributed by atoms with Crippen LogP contribution in [-0.2, 0) is 4.74 Å². The molecule has 1 aliphatic heterocycles. The molecule has 0 saturated carbocycles. The van der Waals surface area contributed by atoms with Crippen LogP contribution in [0.3, 0.4) is 0 Å². The summed E-state index contributed by atoms with van der Waals surface area (Å²) in [6.45, 7) is 5.19. The molecule has 1 fully saturated rings. The van der Waals surface area contributed by atoms with E-state index in [9.17, 15) is 0 Å². The minimum atomic E-state index is 0.444. The molecule has 1 heterocycles. The molecule has 2 heteroatoms. The summed E-state index contributed by atoms with van der Waals surface area (Å²) in [5, 5.41) is 0. The van der Waals surface area contributed by atoms with E-state index in [0.717, 1.165) is 13.2 Å². The van der Waals surface area contributed by atoms with Crippen LogP contribution in [0, 0.1) is 0 Å². The maximum atomic E-state index is 5.71. The lowest BCUT2D eigenvalue weighted by Crippen LogP contribution is -2.38. The van der Waals surface area contributed by atoms with Gasteiger partial charge in [-0.05, 0) is 38.7 Å². The van der Waals surface area contributed by atoms with E-state index in [4.69, 9.17) is 4.74 Å². The molecule has 0 aromatic rings. The van der Waals surface area contributed by atoms with Crippen molar-refractivity contribution in [3.8, 4) is 0 Å². The van der Waals surface area contributed by atoms with Crippen molar-refractivity contribution in [1.82, 2.24) is 4.90 Å². The van der Waals surface area contributed by atoms with Crippen molar-refractivity contribution < 1.29 is 4.74 Å². The second-order valence-electron chi connectivity index (χ2n) is 4.27. The number of nitrogens with zero attached hydrogens (tertiary/aromatic N) is 1. The maximum Gasteiger partial charge on any atom is 0.0750 e. The third kappa shape index (κ3) is 2.85. The average Bonchev–Trinajstić information content (AvgIpc) is 2.31. The van der Waals surface area contributed by atoms with E-state index < -0.39 is 0 Å². The Hall–Kier alpha value is -0.760. The van der Waals surface area contributed by atoms with E-state index in [1.165, 1.54) is 37.9 Å². The van der Waals surface area contributed by atoms with Crippen molar-refractivity contribution in [1.29, 1.82) is 0 Å². The summed E-state index contributed by atoms with van der Waals surface area (Å²) in [5.41, 5.74) is 1.41. The summed E-state index contributed by atoms with van der Waals surface area (Å²) in [4.78, 5) is 2.47. The van der Waals surface area contributed by atoms with Crippen molar-refractivity contribution in [2.45, 2.75) is 38.7 Å². The van der Waals surface area contributed by atoms with E-state index in [0.29, 0.717) is 6.10 Å². The summed E-state index contributed by atoms with van der Waals surface area (Å²) < 4.78 is 5.71. The van der Waals surface area contributed by atoms with Gasteiger partial charge in [0.15, 0.2) is 0 Å². The van der Waals surface area contributed by atoms with Crippen molar-refractivity contribution in [3.05, 3.63) is 23.9 Å². The van der Waals surface area contributed by atoms with Crippen LogP contribution in [0.4, 0.5) is 0 Å². The lowest BCUT2D eigenvalue weighted by Gasteiger charge is -2.35. The fourth-order valence-corrected chi connectivity index (χ4v) is 2.38. The Labute approximate surface area is 92.6 Å². The molecule has 0 spiro atoms.